The van der Waals surface area contributed by atoms with E-state index in [1.54, 1.807) is 0 Å². The van der Waals surface area contributed by atoms with Gasteiger partial charge in [-0.2, -0.15) is 0 Å². The Kier molecular flexibility index (Phi) is 5.55. The van der Waals surface area contributed by atoms with E-state index in [2.05, 4.69) is 16.1 Å². The van der Waals surface area contributed by atoms with Crippen molar-refractivity contribution in [2.45, 2.75) is 23.7 Å². The second-order valence-electron chi connectivity index (χ2n) is 3.99. The Morgan fingerprint density at radius 1 is 1.25 bits per heavy atom. The van der Waals surface area contributed by atoms with Gasteiger partial charge in [-0.1, -0.05) is 0 Å². The Labute approximate surface area is 120 Å². The number of hydrogen-bond acceptors (Lipinski definition) is 7. The van der Waals surface area contributed by atoms with Gasteiger partial charge in [0.2, 0.25) is 0 Å². The smallest absolute Gasteiger partial charge is 0.372 e. The third-order valence-electron chi connectivity index (χ3n) is 2.74. The van der Waals surface area contributed by atoms with E-state index >= 15 is 0 Å². The second kappa shape index (κ2) is 6.74. The van der Waals surface area contributed by atoms with Crippen LogP contribution < -0.4 is 0 Å². The molecule has 0 aromatic rings. The molecule has 4 atom stereocenters. The molecule has 0 unspecified atom stereocenters. The standard InChI is InChI=1S/C12H15ClO7/c1-5(11(16)18-2)20-7-4-6(12(17)19-3)8(13)10(15)9(7)14/h4,7-10,14-15H,1H2,2-3H3/t7-,8+,9+,10-/m1/s1. The summed E-state index contributed by atoms with van der Waals surface area (Å²) in [4.78, 5) is 22.7. The summed E-state index contributed by atoms with van der Waals surface area (Å²) >= 11 is 5.84. The molecule has 0 heterocycles. The van der Waals surface area contributed by atoms with E-state index in [4.69, 9.17) is 16.3 Å². The molecule has 0 aromatic carbocycles. The van der Waals surface area contributed by atoms with Crippen molar-refractivity contribution in [1.82, 2.24) is 0 Å². The molecule has 0 aliphatic heterocycles. The SMILES string of the molecule is C=C(O[C@@H]1C=C(C(=O)OC)[C@H](Cl)[C@@H](O)[C@H]1O)C(=O)OC. The molecule has 1 aliphatic rings. The summed E-state index contributed by atoms with van der Waals surface area (Å²) in [5, 5.41) is 18.5. The fraction of sp³-hybridized carbons (Fsp3) is 0.500. The van der Waals surface area contributed by atoms with Crippen LogP contribution in [0.2, 0.25) is 0 Å². The number of alkyl halides is 1. The van der Waals surface area contributed by atoms with E-state index in [0.29, 0.717) is 0 Å². The van der Waals surface area contributed by atoms with Crippen LogP contribution in [0.4, 0.5) is 0 Å². The van der Waals surface area contributed by atoms with Gasteiger partial charge >= 0.3 is 11.9 Å². The topological polar surface area (TPSA) is 102 Å². The quantitative estimate of drug-likeness (QED) is 0.312. The summed E-state index contributed by atoms with van der Waals surface area (Å²) in [6.45, 7) is 3.32. The molecule has 0 saturated carbocycles. The van der Waals surface area contributed by atoms with Crippen LogP contribution in [0, 0.1) is 0 Å². The van der Waals surface area contributed by atoms with Gasteiger partial charge in [0.05, 0.1) is 25.2 Å². The van der Waals surface area contributed by atoms with E-state index in [9.17, 15) is 19.8 Å². The van der Waals surface area contributed by atoms with Crippen LogP contribution in [0.1, 0.15) is 0 Å². The van der Waals surface area contributed by atoms with E-state index in [1.807, 2.05) is 0 Å². The summed E-state index contributed by atoms with van der Waals surface area (Å²) in [6, 6.07) is 0. The van der Waals surface area contributed by atoms with Crippen LogP contribution in [0.5, 0.6) is 0 Å². The predicted molar refractivity (Wildman–Crippen MR) is 67.8 cm³/mol. The van der Waals surface area contributed by atoms with E-state index in [1.165, 1.54) is 6.08 Å². The first-order chi connectivity index (χ1) is 9.33. The summed E-state index contributed by atoms with van der Waals surface area (Å²) in [5.74, 6) is -1.99. The lowest BCUT2D eigenvalue weighted by Gasteiger charge is -2.33. The number of carbonyl (C=O) groups is 2. The molecule has 2 N–H and O–H groups in total. The first kappa shape index (κ1) is 16.5. The van der Waals surface area contributed by atoms with Gasteiger partial charge in [-0.3, -0.25) is 0 Å². The van der Waals surface area contributed by atoms with Gasteiger partial charge in [0.25, 0.3) is 0 Å². The largest absolute Gasteiger partial charge is 0.477 e. The van der Waals surface area contributed by atoms with Crippen molar-refractivity contribution in [1.29, 1.82) is 0 Å². The fourth-order valence-corrected chi connectivity index (χ4v) is 1.96. The lowest BCUT2D eigenvalue weighted by atomic mass is 9.91. The zero-order valence-electron chi connectivity index (χ0n) is 10.9. The zero-order chi connectivity index (χ0) is 15.4. The molecule has 0 aromatic heterocycles. The molecule has 1 aliphatic carbocycles. The predicted octanol–water partition coefficient (Wildman–Crippen LogP) is -0.500. The Morgan fingerprint density at radius 2 is 1.85 bits per heavy atom. The minimum atomic E-state index is -1.47. The van der Waals surface area contributed by atoms with Crippen LogP contribution >= 0.6 is 11.6 Å². The molecule has 0 amide bonds. The molecule has 0 spiro atoms. The number of aliphatic hydroxyl groups is 2. The average Bonchev–Trinajstić information content (AvgIpc) is 2.45. The van der Waals surface area contributed by atoms with Crippen LogP contribution in [0.3, 0.4) is 0 Å². The Hall–Kier alpha value is -1.57. The highest BCUT2D eigenvalue weighted by Gasteiger charge is 2.41. The number of hydrogen-bond donors (Lipinski definition) is 2. The van der Waals surface area contributed by atoms with Gasteiger partial charge in [-0.25, -0.2) is 9.59 Å². The highest BCUT2D eigenvalue weighted by Crippen LogP contribution is 2.28. The number of aliphatic hydroxyl groups excluding tert-OH is 2. The zero-order valence-corrected chi connectivity index (χ0v) is 11.7. The minimum Gasteiger partial charge on any atom is -0.477 e. The number of methoxy groups -OCH3 is 2. The average molecular weight is 307 g/mol. The van der Waals surface area contributed by atoms with Gasteiger partial charge in [0.1, 0.15) is 18.3 Å². The van der Waals surface area contributed by atoms with Crippen LogP contribution in [0.15, 0.2) is 24.0 Å². The van der Waals surface area contributed by atoms with Crippen molar-refractivity contribution in [2.24, 2.45) is 0 Å². The normalized spacial score (nSPS) is 29.1. The van der Waals surface area contributed by atoms with Gasteiger partial charge in [0, 0.05) is 0 Å². The van der Waals surface area contributed by atoms with Crippen molar-refractivity contribution >= 4 is 23.5 Å². The fourth-order valence-electron chi connectivity index (χ4n) is 1.65. The minimum absolute atomic E-state index is 0.0744. The number of halogens is 1. The molecule has 8 heteroatoms. The molecule has 1 rings (SSSR count). The number of carbonyl (C=O) groups excluding carboxylic acids is 2. The molecule has 0 bridgehead atoms. The van der Waals surface area contributed by atoms with Crippen LogP contribution in [0.25, 0.3) is 0 Å². The third-order valence-corrected chi connectivity index (χ3v) is 3.23. The first-order valence-corrected chi connectivity index (χ1v) is 6.01. The maximum absolute atomic E-state index is 11.5. The highest BCUT2D eigenvalue weighted by molar-refractivity contribution is 6.25. The molecule has 0 saturated heterocycles. The van der Waals surface area contributed by atoms with E-state index < -0.39 is 35.6 Å². The van der Waals surface area contributed by atoms with Gasteiger partial charge < -0.3 is 24.4 Å². The van der Waals surface area contributed by atoms with Crippen molar-refractivity contribution < 1.29 is 34.0 Å². The molecular weight excluding hydrogens is 292 g/mol. The second-order valence-corrected chi connectivity index (χ2v) is 4.46. The van der Waals surface area contributed by atoms with Gasteiger partial charge in [-0.15, -0.1) is 11.6 Å². The maximum Gasteiger partial charge on any atom is 0.372 e. The molecule has 0 fully saturated rings. The molecule has 112 valence electrons. The van der Waals surface area contributed by atoms with Crippen molar-refractivity contribution in [3.8, 4) is 0 Å². The number of esters is 2. The Balaban J connectivity index is 2.99. The van der Waals surface area contributed by atoms with Crippen LogP contribution in [-0.2, 0) is 23.8 Å². The van der Waals surface area contributed by atoms with Crippen LogP contribution in [-0.4, -0.2) is 60.1 Å². The third kappa shape index (κ3) is 3.30. The van der Waals surface area contributed by atoms with E-state index in [-0.39, 0.29) is 11.3 Å². The number of ether oxygens (including phenoxy) is 3. The van der Waals surface area contributed by atoms with Crippen molar-refractivity contribution in [2.75, 3.05) is 14.2 Å². The van der Waals surface area contributed by atoms with Gasteiger partial charge in [0.15, 0.2) is 5.76 Å². The summed E-state index contributed by atoms with van der Waals surface area (Å²) in [6.07, 6.45) is -2.91. The lowest BCUT2D eigenvalue weighted by Crippen LogP contribution is -2.48. The molecule has 20 heavy (non-hydrogen) atoms. The molecule has 0 radical (unpaired) electrons. The van der Waals surface area contributed by atoms with Crippen molar-refractivity contribution in [3.63, 3.8) is 0 Å². The summed E-state index contributed by atoms with van der Waals surface area (Å²) in [7, 11) is 2.28. The number of rotatable bonds is 4. The molecular formula is C12H15ClO7. The highest BCUT2D eigenvalue weighted by atomic mass is 35.5. The Morgan fingerprint density at radius 3 is 2.35 bits per heavy atom. The Bertz CT molecular complexity index is 445. The monoisotopic (exact) mass is 306 g/mol. The summed E-state index contributed by atoms with van der Waals surface area (Å²) in [5.41, 5.74) is -0.0744. The molecule has 7 nitrogen and oxygen atoms in total. The maximum atomic E-state index is 11.5. The lowest BCUT2D eigenvalue weighted by molar-refractivity contribution is -0.143. The summed E-state index contributed by atoms with van der Waals surface area (Å²) < 4.78 is 14.0. The van der Waals surface area contributed by atoms with Crippen molar-refractivity contribution in [3.05, 3.63) is 24.0 Å². The van der Waals surface area contributed by atoms with E-state index in [0.717, 1.165) is 14.2 Å². The van der Waals surface area contributed by atoms with Gasteiger partial charge in [-0.05, 0) is 12.7 Å². The first-order valence-electron chi connectivity index (χ1n) is 5.57.